The summed E-state index contributed by atoms with van der Waals surface area (Å²) < 4.78 is 5.55. The smallest absolute Gasteiger partial charge is 0.226 e. The molecule has 0 unspecified atom stereocenters. The predicted molar refractivity (Wildman–Crippen MR) is 78.9 cm³/mol. The highest BCUT2D eigenvalue weighted by Gasteiger charge is 2.04. The van der Waals surface area contributed by atoms with E-state index in [1.54, 1.807) is 6.20 Å². The van der Waals surface area contributed by atoms with Crippen LogP contribution in [0.25, 0.3) is 0 Å². The summed E-state index contributed by atoms with van der Waals surface area (Å²) in [6, 6.07) is 3.84. The van der Waals surface area contributed by atoms with Crippen molar-refractivity contribution in [3.63, 3.8) is 0 Å². The molecule has 1 N–H and O–H groups in total. The number of rotatable bonds is 6. The highest BCUT2D eigenvalue weighted by Crippen LogP contribution is 2.14. The number of aromatic nitrogens is 3. The van der Waals surface area contributed by atoms with Crippen molar-refractivity contribution in [2.45, 2.75) is 33.7 Å². The summed E-state index contributed by atoms with van der Waals surface area (Å²) in [6.45, 7) is 7.38. The van der Waals surface area contributed by atoms with Crippen LogP contribution in [0, 0.1) is 13.8 Å². The van der Waals surface area contributed by atoms with Crippen LogP contribution in [0.3, 0.4) is 0 Å². The van der Waals surface area contributed by atoms with Crippen molar-refractivity contribution >= 4 is 5.95 Å². The summed E-state index contributed by atoms with van der Waals surface area (Å²) in [5.74, 6) is 1.21. The second-order valence-electron chi connectivity index (χ2n) is 4.68. The molecule has 2 aromatic rings. The Labute approximate surface area is 119 Å². The summed E-state index contributed by atoms with van der Waals surface area (Å²) in [6.07, 6.45) is 4.60. The zero-order valence-corrected chi connectivity index (χ0v) is 12.2. The van der Waals surface area contributed by atoms with Gasteiger partial charge in [-0.2, -0.15) is 4.98 Å². The van der Waals surface area contributed by atoms with Gasteiger partial charge in [-0.05, 0) is 37.5 Å². The summed E-state index contributed by atoms with van der Waals surface area (Å²) in [4.78, 5) is 12.8. The van der Waals surface area contributed by atoms with Crippen LogP contribution in [-0.2, 0) is 6.54 Å². The van der Waals surface area contributed by atoms with Gasteiger partial charge in [-0.15, -0.1) is 0 Å². The fourth-order valence-corrected chi connectivity index (χ4v) is 1.77. The highest BCUT2D eigenvalue weighted by atomic mass is 16.5. The zero-order valence-electron chi connectivity index (χ0n) is 12.2. The summed E-state index contributed by atoms with van der Waals surface area (Å²) in [5.41, 5.74) is 3.22. The van der Waals surface area contributed by atoms with E-state index in [0.717, 1.165) is 17.7 Å². The maximum Gasteiger partial charge on any atom is 0.226 e. The molecule has 0 amide bonds. The summed E-state index contributed by atoms with van der Waals surface area (Å²) >= 11 is 0. The van der Waals surface area contributed by atoms with Gasteiger partial charge in [-0.3, -0.25) is 4.98 Å². The molecule has 0 aliphatic carbocycles. The lowest BCUT2D eigenvalue weighted by Crippen LogP contribution is -2.07. The second kappa shape index (κ2) is 6.84. The first-order valence-corrected chi connectivity index (χ1v) is 6.81. The van der Waals surface area contributed by atoms with Gasteiger partial charge in [0.25, 0.3) is 0 Å². The summed E-state index contributed by atoms with van der Waals surface area (Å²) in [5, 5.41) is 3.23. The molecular formula is C15H20N4O. The molecule has 2 aromatic heterocycles. The van der Waals surface area contributed by atoms with Crippen molar-refractivity contribution in [3.05, 3.63) is 41.3 Å². The number of hydrogen-bond acceptors (Lipinski definition) is 5. The number of ether oxygens (including phenoxy) is 1. The van der Waals surface area contributed by atoms with Gasteiger partial charge in [0.1, 0.15) is 0 Å². The van der Waals surface area contributed by atoms with E-state index in [-0.39, 0.29) is 0 Å². The third kappa shape index (κ3) is 3.91. The molecule has 2 heterocycles. The van der Waals surface area contributed by atoms with Crippen molar-refractivity contribution in [2.24, 2.45) is 0 Å². The molecule has 0 saturated carbocycles. The lowest BCUT2D eigenvalue weighted by atomic mass is 10.1. The Balaban J connectivity index is 2.05. The Morgan fingerprint density at radius 2 is 2.10 bits per heavy atom. The standard InChI is InChI=1S/C15H20N4O/c1-4-7-20-14-8-12(3)18-15(19-14)17-10-13-5-6-16-9-11(13)2/h5-6,8-9H,4,7,10H2,1-3H3,(H,17,18,19). The number of anilines is 1. The van der Waals surface area contributed by atoms with Gasteiger partial charge in [0.2, 0.25) is 11.8 Å². The molecule has 5 nitrogen and oxygen atoms in total. The SMILES string of the molecule is CCCOc1cc(C)nc(NCc2ccncc2C)n1. The fourth-order valence-electron chi connectivity index (χ4n) is 1.77. The van der Waals surface area contributed by atoms with E-state index in [4.69, 9.17) is 4.74 Å². The zero-order chi connectivity index (χ0) is 14.4. The molecule has 0 atom stereocenters. The Morgan fingerprint density at radius 3 is 2.85 bits per heavy atom. The van der Waals surface area contributed by atoms with Crippen LogP contribution in [0.15, 0.2) is 24.5 Å². The topological polar surface area (TPSA) is 59.9 Å². The first-order valence-electron chi connectivity index (χ1n) is 6.81. The molecule has 0 aliphatic rings. The predicted octanol–water partition coefficient (Wildman–Crippen LogP) is 2.89. The van der Waals surface area contributed by atoms with Gasteiger partial charge in [0, 0.05) is 30.7 Å². The van der Waals surface area contributed by atoms with Crippen LogP contribution in [0.1, 0.15) is 30.2 Å². The molecule has 20 heavy (non-hydrogen) atoms. The monoisotopic (exact) mass is 272 g/mol. The van der Waals surface area contributed by atoms with Crippen LogP contribution in [0.4, 0.5) is 5.95 Å². The van der Waals surface area contributed by atoms with Crippen LogP contribution in [0.5, 0.6) is 5.88 Å². The van der Waals surface area contributed by atoms with E-state index >= 15 is 0 Å². The third-order valence-corrected chi connectivity index (χ3v) is 2.86. The molecule has 0 aromatic carbocycles. The van der Waals surface area contributed by atoms with E-state index in [9.17, 15) is 0 Å². The minimum atomic E-state index is 0.590. The number of pyridine rings is 1. The molecule has 0 fully saturated rings. The van der Waals surface area contributed by atoms with Crippen molar-refractivity contribution < 1.29 is 4.74 Å². The van der Waals surface area contributed by atoms with Crippen LogP contribution in [0.2, 0.25) is 0 Å². The summed E-state index contributed by atoms with van der Waals surface area (Å²) in [7, 11) is 0. The van der Waals surface area contributed by atoms with Crippen molar-refractivity contribution in [1.29, 1.82) is 0 Å². The van der Waals surface area contributed by atoms with Gasteiger partial charge < -0.3 is 10.1 Å². The average Bonchev–Trinajstić information content (AvgIpc) is 2.44. The minimum Gasteiger partial charge on any atom is -0.478 e. The normalized spacial score (nSPS) is 10.3. The number of aryl methyl sites for hydroxylation is 2. The Morgan fingerprint density at radius 1 is 1.25 bits per heavy atom. The molecular weight excluding hydrogens is 252 g/mol. The maximum absolute atomic E-state index is 5.55. The largest absolute Gasteiger partial charge is 0.478 e. The maximum atomic E-state index is 5.55. The number of nitrogens with one attached hydrogen (secondary N) is 1. The van der Waals surface area contributed by atoms with Gasteiger partial charge in [-0.1, -0.05) is 6.92 Å². The van der Waals surface area contributed by atoms with Crippen LogP contribution < -0.4 is 10.1 Å². The second-order valence-corrected chi connectivity index (χ2v) is 4.68. The van der Waals surface area contributed by atoms with E-state index < -0.39 is 0 Å². The number of nitrogens with zero attached hydrogens (tertiary/aromatic N) is 3. The molecule has 0 radical (unpaired) electrons. The van der Waals surface area contributed by atoms with Gasteiger partial charge in [0.05, 0.1) is 6.61 Å². The molecule has 2 rings (SSSR count). The lowest BCUT2D eigenvalue weighted by molar-refractivity contribution is 0.305. The Kier molecular flexibility index (Phi) is 4.87. The third-order valence-electron chi connectivity index (χ3n) is 2.86. The fraction of sp³-hybridized carbons (Fsp3) is 0.400. The lowest BCUT2D eigenvalue weighted by Gasteiger charge is -2.10. The molecule has 0 bridgehead atoms. The molecule has 106 valence electrons. The van der Waals surface area contributed by atoms with Crippen LogP contribution >= 0.6 is 0 Å². The molecule has 0 aliphatic heterocycles. The Hall–Kier alpha value is -2.17. The molecule has 0 spiro atoms. The van der Waals surface area contributed by atoms with Crippen molar-refractivity contribution in [1.82, 2.24) is 15.0 Å². The highest BCUT2D eigenvalue weighted by molar-refractivity contribution is 5.33. The van der Waals surface area contributed by atoms with Crippen molar-refractivity contribution in [2.75, 3.05) is 11.9 Å². The van der Waals surface area contributed by atoms with E-state index in [1.807, 2.05) is 32.2 Å². The first kappa shape index (κ1) is 14.2. The van der Waals surface area contributed by atoms with Gasteiger partial charge in [-0.25, -0.2) is 4.98 Å². The van der Waals surface area contributed by atoms with Crippen molar-refractivity contribution in [3.8, 4) is 5.88 Å². The van der Waals surface area contributed by atoms with E-state index in [2.05, 4.69) is 27.2 Å². The van der Waals surface area contributed by atoms with Gasteiger partial charge >= 0.3 is 0 Å². The van der Waals surface area contributed by atoms with E-state index in [1.165, 1.54) is 5.56 Å². The Bertz CT molecular complexity index is 572. The quantitative estimate of drug-likeness (QED) is 0.876. The van der Waals surface area contributed by atoms with E-state index in [0.29, 0.717) is 25.0 Å². The van der Waals surface area contributed by atoms with Gasteiger partial charge in [0.15, 0.2) is 0 Å². The molecule has 5 heteroatoms. The van der Waals surface area contributed by atoms with Crippen LogP contribution in [-0.4, -0.2) is 21.6 Å². The minimum absolute atomic E-state index is 0.590. The number of hydrogen-bond donors (Lipinski definition) is 1. The molecule has 0 saturated heterocycles. The first-order chi connectivity index (χ1) is 9.69. The average molecular weight is 272 g/mol.